The van der Waals surface area contributed by atoms with E-state index in [9.17, 15) is 14.0 Å². The number of aromatic nitrogens is 2. The highest BCUT2D eigenvalue weighted by molar-refractivity contribution is 5.78. The molecule has 1 rings (SSSR count). The number of hydrogen-bond acceptors (Lipinski definition) is 5. The lowest BCUT2D eigenvalue weighted by atomic mass is 10.2. The summed E-state index contributed by atoms with van der Waals surface area (Å²) in [6, 6.07) is -1.14. The van der Waals surface area contributed by atoms with Gasteiger partial charge in [0.05, 0.1) is 0 Å². The van der Waals surface area contributed by atoms with Crippen molar-refractivity contribution in [2.24, 2.45) is 5.73 Å². The maximum atomic E-state index is 13.1. The highest BCUT2D eigenvalue weighted by Crippen LogP contribution is 2.10. The molecule has 0 radical (unpaired) electrons. The molecule has 1 atom stereocenters. The van der Waals surface area contributed by atoms with Crippen LogP contribution in [-0.4, -0.2) is 27.2 Å². The summed E-state index contributed by atoms with van der Waals surface area (Å²) in [4.78, 5) is 25.5. The lowest BCUT2D eigenvalue weighted by Crippen LogP contribution is -2.36. The number of nitrogens with two attached hydrogens (primary N) is 2. The van der Waals surface area contributed by atoms with Gasteiger partial charge in [0.25, 0.3) is 0 Å². The van der Waals surface area contributed by atoms with Gasteiger partial charge in [-0.1, -0.05) is 0 Å². The van der Waals surface area contributed by atoms with Gasteiger partial charge in [0.15, 0.2) is 11.6 Å². The third kappa shape index (κ3) is 2.34. The van der Waals surface area contributed by atoms with E-state index in [-0.39, 0.29) is 13.0 Å². The molecule has 1 unspecified atom stereocenters. The molecule has 1 aromatic rings. The zero-order valence-corrected chi connectivity index (χ0v) is 8.26. The van der Waals surface area contributed by atoms with E-state index in [4.69, 9.17) is 16.6 Å². The van der Waals surface area contributed by atoms with Crippen LogP contribution in [0.25, 0.3) is 0 Å². The fourth-order valence-electron chi connectivity index (χ4n) is 1.22. The van der Waals surface area contributed by atoms with Crippen LogP contribution in [0.5, 0.6) is 0 Å². The van der Waals surface area contributed by atoms with E-state index in [0.717, 1.165) is 6.20 Å². The number of anilines is 1. The highest BCUT2D eigenvalue weighted by atomic mass is 19.1. The number of nitrogen functional groups attached to an aromatic ring is 1. The SMILES string of the molecule is NC(=O)C(CCO)n1cc(F)c(N)nc1=O. The number of aliphatic hydroxyl groups excluding tert-OH is 1. The molecule has 1 amide bonds. The Kier molecular flexibility index (Phi) is 3.56. The summed E-state index contributed by atoms with van der Waals surface area (Å²) in [5, 5.41) is 8.70. The quantitative estimate of drug-likeness (QED) is 0.573. The zero-order chi connectivity index (χ0) is 12.3. The van der Waals surface area contributed by atoms with Crippen LogP contribution < -0.4 is 17.2 Å². The summed E-state index contributed by atoms with van der Waals surface area (Å²) in [5.41, 5.74) is 9.20. The molecule has 0 aliphatic carbocycles. The van der Waals surface area contributed by atoms with Gasteiger partial charge in [0, 0.05) is 19.2 Å². The Labute approximate surface area is 89.5 Å². The summed E-state index contributed by atoms with van der Waals surface area (Å²) < 4.78 is 13.8. The summed E-state index contributed by atoms with van der Waals surface area (Å²) in [7, 11) is 0. The first-order chi connectivity index (χ1) is 7.47. The van der Waals surface area contributed by atoms with Crippen molar-refractivity contribution in [2.75, 3.05) is 12.3 Å². The van der Waals surface area contributed by atoms with E-state index in [0.29, 0.717) is 4.57 Å². The first-order valence-electron chi connectivity index (χ1n) is 4.41. The van der Waals surface area contributed by atoms with Crippen LogP contribution in [0.2, 0.25) is 0 Å². The van der Waals surface area contributed by atoms with Crippen LogP contribution in [-0.2, 0) is 4.79 Å². The van der Waals surface area contributed by atoms with E-state index in [2.05, 4.69) is 4.98 Å². The van der Waals surface area contributed by atoms with E-state index < -0.39 is 29.3 Å². The van der Waals surface area contributed by atoms with Crippen LogP contribution in [0.3, 0.4) is 0 Å². The lowest BCUT2D eigenvalue weighted by molar-refractivity contribution is -0.121. The second-order valence-corrected chi connectivity index (χ2v) is 3.09. The molecule has 0 bridgehead atoms. The molecule has 0 saturated carbocycles. The van der Waals surface area contributed by atoms with E-state index in [1.165, 1.54) is 0 Å². The van der Waals surface area contributed by atoms with Crippen LogP contribution in [0, 0.1) is 5.82 Å². The molecule has 7 nitrogen and oxygen atoms in total. The second kappa shape index (κ2) is 4.71. The lowest BCUT2D eigenvalue weighted by Gasteiger charge is -2.14. The first-order valence-corrected chi connectivity index (χ1v) is 4.41. The fraction of sp³-hybridized carbons (Fsp3) is 0.375. The third-order valence-corrected chi connectivity index (χ3v) is 2.00. The number of primary amides is 1. The monoisotopic (exact) mass is 230 g/mol. The second-order valence-electron chi connectivity index (χ2n) is 3.09. The maximum Gasteiger partial charge on any atom is 0.350 e. The molecule has 0 aromatic carbocycles. The van der Waals surface area contributed by atoms with Gasteiger partial charge in [-0.15, -0.1) is 0 Å². The van der Waals surface area contributed by atoms with Gasteiger partial charge >= 0.3 is 5.69 Å². The van der Waals surface area contributed by atoms with Crippen molar-refractivity contribution in [3.63, 3.8) is 0 Å². The molecule has 5 N–H and O–H groups in total. The number of halogens is 1. The highest BCUT2D eigenvalue weighted by Gasteiger charge is 2.20. The number of amides is 1. The van der Waals surface area contributed by atoms with E-state index in [1.54, 1.807) is 0 Å². The molecule has 0 aliphatic heterocycles. The summed E-state index contributed by atoms with van der Waals surface area (Å²) in [6.07, 6.45) is 0.649. The molecular formula is C8H11FN4O3. The minimum Gasteiger partial charge on any atom is -0.396 e. The molecule has 88 valence electrons. The Morgan fingerprint density at radius 1 is 1.69 bits per heavy atom. The first kappa shape index (κ1) is 12.1. The average Bonchev–Trinajstić information content (AvgIpc) is 2.20. The molecule has 8 heteroatoms. The molecule has 0 fully saturated rings. The Morgan fingerprint density at radius 2 is 2.31 bits per heavy atom. The standard InChI is InChI=1S/C8H11FN4O3/c9-4-3-13(8(16)12-6(4)10)5(1-2-14)7(11)15/h3,5,14H,1-2H2,(H2,11,15)(H2,10,12,16). The summed E-state index contributed by atoms with van der Waals surface area (Å²) in [6.45, 7) is -0.369. The molecule has 1 heterocycles. The molecule has 0 saturated heterocycles. The Bertz CT molecular complexity index is 459. The smallest absolute Gasteiger partial charge is 0.350 e. The largest absolute Gasteiger partial charge is 0.396 e. The Morgan fingerprint density at radius 3 is 2.81 bits per heavy atom. The van der Waals surface area contributed by atoms with Crippen LogP contribution in [0.15, 0.2) is 11.0 Å². The topological polar surface area (TPSA) is 124 Å². The Hall–Kier alpha value is -1.96. The maximum absolute atomic E-state index is 13.1. The van der Waals surface area contributed by atoms with Gasteiger partial charge in [-0.2, -0.15) is 4.98 Å². The fourth-order valence-corrected chi connectivity index (χ4v) is 1.22. The van der Waals surface area contributed by atoms with Crippen molar-refractivity contribution in [2.45, 2.75) is 12.5 Å². The number of rotatable bonds is 4. The van der Waals surface area contributed by atoms with E-state index in [1.807, 2.05) is 0 Å². The molecular weight excluding hydrogens is 219 g/mol. The molecule has 1 aromatic heterocycles. The van der Waals surface area contributed by atoms with Crippen molar-refractivity contribution >= 4 is 11.7 Å². The van der Waals surface area contributed by atoms with E-state index >= 15 is 0 Å². The number of nitrogens with zero attached hydrogens (tertiary/aromatic N) is 2. The van der Waals surface area contributed by atoms with Gasteiger partial charge < -0.3 is 16.6 Å². The minimum atomic E-state index is -1.14. The van der Waals surface area contributed by atoms with Crippen LogP contribution >= 0.6 is 0 Å². The number of carbonyl (C=O) groups excluding carboxylic acids is 1. The van der Waals surface area contributed by atoms with Gasteiger partial charge in [0.2, 0.25) is 5.91 Å². The summed E-state index contributed by atoms with van der Waals surface area (Å²) >= 11 is 0. The normalized spacial score (nSPS) is 12.4. The predicted octanol–water partition coefficient (Wildman–Crippen LogP) is -1.63. The van der Waals surface area contributed by atoms with Crippen molar-refractivity contribution < 1.29 is 14.3 Å². The molecule has 0 aliphatic rings. The number of hydrogen-bond donors (Lipinski definition) is 3. The summed E-state index contributed by atoms with van der Waals surface area (Å²) in [5.74, 6) is -2.33. The minimum absolute atomic E-state index is 0.0969. The van der Waals surface area contributed by atoms with Crippen LogP contribution in [0.4, 0.5) is 10.2 Å². The average molecular weight is 230 g/mol. The van der Waals surface area contributed by atoms with Gasteiger partial charge in [-0.25, -0.2) is 9.18 Å². The van der Waals surface area contributed by atoms with Crippen molar-refractivity contribution in [1.29, 1.82) is 0 Å². The number of carbonyl (C=O) groups is 1. The Balaban J connectivity index is 3.24. The molecule has 16 heavy (non-hydrogen) atoms. The third-order valence-electron chi connectivity index (χ3n) is 2.00. The van der Waals surface area contributed by atoms with Crippen molar-refractivity contribution in [3.8, 4) is 0 Å². The van der Waals surface area contributed by atoms with Gasteiger partial charge in [0.1, 0.15) is 6.04 Å². The zero-order valence-electron chi connectivity index (χ0n) is 8.26. The molecule has 0 spiro atoms. The van der Waals surface area contributed by atoms with Crippen molar-refractivity contribution in [1.82, 2.24) is 9.55 Å². The van der Waals surface area contributed by atoms with Crippen molar-refractivity contribution in [3.05, 3.63) is 22.5 Å². The van der Waals surface area contributed by atoms with Gasteiger partial charge in [-0.3, -0.25) is 9.36 Å². The number of aliphatic hydroxyl groups is 1. The van der Waals surface area contributed by atoms with Gasteiger partial charge in [-0.05, 0) is 0 Å². The van der Waals surface area contributed by atoms with Crippen LogP contribution in [0.1, 0.15) is 12.5 Å². The predicted molar refractivity (Wildman–Crippen MR) is 52.8 cm³/mol.